The van der Waals surface area contributed by atoms with Gasteiger partial charge in [0.2, 0.25) is 23.8 Å². The van der Waals surface area contributed by atoms with Crippen LogP contribution in [-0.2, 0) is 4.79 Å². The van der Waals surface area contributed by atoms with Crippen molar-refractivity contribution in [3.63, 3.8) is 0 Å². The van der Waals surface area contributed by atoms with E-state index in [4.69, 9.17) is 5.73 Å². The van der Waals surface area contributed by atoms with Crippen LogP contribution in [0.3, 0.4) is 0 Å². The lowest BCUT2D eigenvalue weighted by Crippen LogP contribution is -2.26. The summed E-state index contributed by atoms with van der Waals surface area (Å²) in [6.07, 6.45) is 0.361. The fourth-order valence-corrected chi connectivity index (χ4v) is 1.68. The fourth-order valence-electron chi connectivity index (χ4n) is 1.68. The molecule has 0 atom stereocenters. The minimum atomic E-state index is -0.00834. The van der Waals surface area contributed by atoms with E-state index in [0.717, 1.165) is 13.1 Å². The van der Waals surface area contributed by atoms with E-state index in [9.17, 15) is 4.79 Å². The lowest BCUT2D eigenvalue weighted by molar-refractivity contribution is -0.120. The summed E-state index contributed by atoms with van der Waals surface area (Å²) in [5.41, 5.74) is 5.68. The third kappa shape index (κ3) is 4.87. The van der Waals surface area contributed by atoms with Gasteiger partial charge in [0.1, 0.15) is 0 Å². The van der Waals surface area contributed by atoms with E-state index in [1.807, 2.05) is 25.7 Å². The Balaban J connectivity index is 2.64. The molecular weight excluding hydrogens is 258 g/mol. The first-order chi connectivity index (χ1) is 9.60. The van der Waals surface area contributed by atoms with Gasteiger partial charge in [-0.1, -0.05) is 0 Å². The first kappa shape index (κ1) is 15.9. The number of hydrogen-bond acceptors (Lipinski definition) is 7. The summed E-state index contributed by atoms with van der Waals surface area (Å²) in [6.45, 7) is 8.58. The smallest absolute Gasteiger partial charge is 0.231 e. The average Bonchev–Trinajstić information content (AvgIpc) is 2.40. The maximum atomic E-state index is 11.3. The number of anilines is 3. The minimum absolute atomic E-state index is 0.00834. The van der Waals surface area contributed by atoms with E-state index in [-0.39, 0.29) is 11.9 Å². The Morgan fingerprint density at radius 3 is 2.50 bits per heavy atom. The second-order valence-electron chi connectivity index (χ2n) is 4.12. The largest absolute Gasteiger partial charge is 0.368 e. The highest BCUT2D eigenvalue weighted by Gasteiger charge is 2.09. The molecule has 0 fully saturated rings. The Bertz CT molecular complexity index is 434. The summed E-state index contributed by atoms with van der Waals surface area (Å²) in [7, 11) is 0. The van der Waals surface area contributed by atoms with Gasteiger partial charge < -0.3 is 21.3 Å². The molecule has 1 aromatic rings. The highest BCUT2D eigenvalue weighted by Crippen LogP contribution is 2.11. The lowest BCUT2D eigenvalue weighted by atomic mass is 10.4. The Kier molecular flexibility index (Phi) is 6.48. The van der Waals surface area contributed by atoms with Crippen LogP contribution in [0.15, 0.2) is 0 Å². The van der Waals surface area contributed by atoms with Gasteiger partial charge >= 0.3 is 0 Å². The number of nitrogens with zero attached hydrogens (tertiary/aromatic N) is 4. The average molecular weight is 281 g/mol. The quantitative estimate of drug-likeness (QED) is 0.626. The van der Waals surface area contributed by atoms with Crippen molar-refractivity contribution in [2.45, 2.75) is 27.2 Å². The predicted octanol–water partition coefficient (Wildman–Crippen LogP) is 0.238. The maximum Gasteiger partial charge on any atom is 0.231 e. The Hall–Kier alpha value is -2.12. The van der Waals surface area contributed by atoms with Crippen molar-refractivity contribution in [2.24, 2.45) is 0 Å². The predicted molar refractivity (Wildman–Crippen MR) is 79.6 cm³/mol. The molecular formula is C12H23N7O. The fraction of sp³-hybridized carbons (Fsp3) is 0.667. The third-order valence-electron chi connectivity index (χ3n) is 2.70. The van der Waals surface area contributed by atoms with Crippen molar-refractivity contribution >= 4 is 23.8 Å². The number of nitrogens with one attached hydrogen (secondary N) is 2. The maximum absolute atomic E-state index is 11.3. The highest BCUT2D eigenvalue weighted by molar-refractivity contribution is 5.76. The number of hydrogen-bond donors (Lipinski definition) is 3. The van der Waals surface area contributed by atoms with Crippen LogP contribution in [0.4, 0.5) is 17.8 Å². The molecule has 0 aliphatic rings. The Morgan fingerprint density at radius 1 is 1.20 bits per heavy atom. The number of carbonyl (C=O) groups excluding carboxylic acids is 1. The molecule has 0 aromatic carbocycles. The van der Waals surface area contributed by atoms with Crippen molar-refractivity contribution in [1.82, 2.24) is 20.3 Å². The van der Waals surface area contributed by atoms with Gasteiger partial charge in [-0.15, -0.1) is 0 Å². The molecule has 0 unspecified atom stereocenters. The normalized spacial score (nSPS) is 10.2. The molecule has 20 heavy (non-hydrogen) atoms. The van der Waals surface area contributed by atoms with E-state index in [0.29, 0.717) is 31.4 Å². The topological polar surface area (TPSA) is 109 Å². The SMILES string of the molecule is CCNC(=O)CCNc1nc(N)nc(N(CC)CC)n1. The molecule has 0 saturated heterocycles. The number of nitrogens with two attached hydrogens (primary N) is 1. The molecule has 0 spiro atoms. The zero-order valence-electron chi connectivity index (χ0n) is 12.3. The summed E-state index contributed by atoms with van der Waals surface area (Å²) in [5.74, 6) is 1.10. The summed E-state index contributed by atoms with van der Waals surface area (Å²) >= 11 is 0. The van der Waals surface area contributed by atoms with Crippen molar-refractivity contribution < 1.29 is 4.79 Å². The molecule has 1 heterocycles. The summed E-state index contributed by atoms with van der Waals surface area (Å²) in [6, 6.07) is 0. The van der Waals surface area contributed by atoms with Crippen molar-refractivity contribution in [1.29, 1.82) is 0 Å². The molecule has 0 aliphatic carbocycles. The summed E-state index contributed by atoms with van der Waals surface area (Å²) in [5, 5.41) is 5.71. The standard InChI is InChI=1S/C12H23N7O/c1-4-14-9(20)7-8-15-11-16-10(13)17-12(18-11)19(5-2)6-3/h4-8H2,1-3H3,(H,14,20)(H3,13,15,16,17,18). The monoisotopic (exact) mass is 281 g/mol. The minimum Gasteiger partial charge on any atom is -0.368 e. The number of amides is 1. The van der Waals surface area contributed by atoms with Gasteiger partial charge in [-0.25, -0.2) is 0 Å². The van der Waals surface area contributed by atoms with Gasteiger partial charge in [-0.2, -0.15) is 15.0 Å². The van der Waals surface area contributed by atoms with E-state index in [2.05, 4.69) is 25.6 Å². The molecule has 0 aliphatic heterocycles. The highest BCUT2D eigenvalue weighted by atomic mass is 16.1. The van der Waals surface area contributed by atoms with Gasteiger partial charge in [0.05, 0.1) is 0 Å². The zero-order chi connectivity index (χ0) is 15.0. The molecule has 1 rings (SSSR count). The molecule has 1 amide bonds. The van der Waals surface area contributed by atoms with Crippen LogP contribution in [-0.4, -0.2) is 47.0 Å². The van der Waals surface area contributed by atoms with Crippen LogP contribution in [0.5, 0.6) is 0 Å². The second kappa shape index (κ2) is 8.13. The molecule has 0 bridgehead atoms. The van der Waals surface area contributed by atoms with Crippen molar-refractivity contribution in [2.75, 3.05) is 42.1 Å². The summed E-state index contributed by atoms with van der Waals surface area (Å²) in [4.78, 5) is 25.7. The van der Waals surface area contributed by atoms with E-state index < -0.39 is 0 Å². The van der Waals surface area contributed by atoms with Gasteiger partial charge in [0, 0.05) is 32.6 Å². The lowest BCUT2D eigenvalue weighted by Gasteiger charge is -2.18. The van der Waals surface area contributed by atoms with Gasteiger partial charge in [0.15, 0.2) is 0 Å². The number of aromatic nitrogens is 3. The van der Waals surface area contributed by atoms with Crippen molar-refractivity contribution in [3.8, 4) is 0 Å². The van der Waals surface area contributed by atoms with Gasteiger partial charge in [0.25, 0.3) is 0 Å². The van der Waals surface area contributed by atoms with Gasteiger partial charge in [-0.3, -0.25) is 4.79 Å². The van der Waals surface area contributed by atoms with Crippen LogP contribution in [0.2, 0.25) is 0 Å². The van der Waals surface area contributed by atoms with Crippen LogP contribution < -0.4 is 21.3 Å². The molecule has 8 nitrogen and oxygen atoms in total. The second-order valence-corrected chi connectivity index (χ2v) is 4.12. The zero-order valence-corrected chi connectivity index (χ0v) is 12.3. The number of rotatable bonds is 8. The van der Waals surface area contributed by atoms with Crippen LogP contribution in [0.25, 0.3) is 0 Å². The number of nitrogen functional groups attached to an aromatic ring is 1. The van der Waals surface area contributed by atoms with E-state index in [1.165, 1.54) is 0 Å². The molecule has 8 heteroatoms. The molecule has 4 N–H and O–H groups in total. The molecule has 1 aromatic heterocycles. The van der Waals surface area contributed by atoms with Gasteiger partial charge in [-0.05, 0) is 20.8 Å². The molecule has 112 valence electrons. The first-order valence-corrected chi connectivity index (χ1v) is 6.87. The molecule has 0 saturated carbocycles. The van der Waals surface area contributed by atoms with E-state index >= 15 is 0 Å². The van der Waals surface area contributed by atoms with Crippen LogP contribution >= 0.6 is 0 Å². The first-order valence-electron chi connectivity index (χ1n) is 6.87. The van der Waals surface area contributed by atoms with Crippen molar-refractivity contribution in [3.05, 3.63) is 0 Å². The number of carbonyl (C=O) groups is 1. The third-order valence-corrected chi connectivity index (χ3v) is 2.70. The Morgan fingerprint density at radius 2 is 1.90 bits per heavy atom. The molecule has 0 radical (unpaired) electrons. The Labute approximate surface area is 119 Å². The van der Waals surface area contributed by atoms with Crippen LogP contribution in [0.1, 0.15) is 27.2 Å². The van der Waals surface area contributed by atoms with E-state index in [1.54, 1.807) is 0 Å². The van der Waals surface area contributed by atoms with Crippen LogP contribution in [0, 0.1) is 0 Å². The summed E-state index contributed by atoms with van der Waals surface area (Å²) < 4.78 is 0.